The molecule has 0 unspecified atom stereocenters. The summed E-state index contributed by atoms with van der Waals surface area (Å²) in [6, 6.07) is 8.37. The van der Waals surface area contributed by atoms with Gasteiger partial charge in [-0.15, -0.1) is 10.2 Å². The molecule has 0 saturated heterocycles. The number of hydrogen-bond acceptors (Lipinski definition) is 5. The molecule has 3 rings (SSSR count). The number of nitrogens with zero attached hydrogens (tertiary/aromatic N) is 5. The summed E-state index contributed by atoms with van der Waals surface area (Å²) in [7, 11) is 0. The Labute approximate surface area is 138 Å². The summed E-state index contributed by atoms with van der Waals surface area (Å²) in [6.45, 7) is 2.76. The van der Waals surface area contributed by atoms with Crippen LogP contribution in [0.3, 0.4) is 0 Å². The third-order valence-electron chi connectivity index (χ3n) is 3.61. The van der Waals surface area contributed by atoms with E-state index in [9.17, 15) is 9.59 Å². The topological polar surface area (TPSA) is 94.2 Å². The van der Waals surface area contributed by atoms with Gasteiger partial charge in [-0.3, -0.25) is 14.0 Å². The van der Waals surface area contributed by atoms with Gasteiger partial charge in [0.05, 0.1) is 6.54 Å². The Bertz CT molecular complexity index is 914. The van der Waals surface area contributed by atoms with Crippen LogP contribution in [0.5, 0.6) is 0 Å². The zero-order chi connectivity index (χ0) is 16.9. The molecule has 0 radical (unpaired) electrons. The highest BCUT2D eigenvalue weighted by atomic mass is 16.2. The van der Waals surface area contributed by atoms with Crippen LogP contribution in [0.4, 0.5) is 0 Å². The fourth-order valence-corrected chi connectivity index (χ4v) is 2.30. The van der Waals surface area contributed by atoms with Crippen molar-refractivity contribution in [3.05, 3.63) is 58.4 Å². The van der Waals surface area contributed by atoms with E-state index in [1.165, 1.54) is 16.8 Å². The van der Waals surface area contributed by atoms with Crippen LogP contribution in [0, 0.1) is 0 Å². The highest BCUT2D eigenvalue weighted by Gasteiger charge is 2.11. The van der Waals surface area contributed by atoms with Crippen LogP contribution in [0.1, 0.15) is 36.1 Å². The van der Waals surface area contributed by atoms with Crippen molar-refractivity contribution in [1.29, 1.82) is 0 Å². The fourth-order valence-electron chi connectivity index (χ4n) is 2.30. The number of unbranched alkanes of at least 4 members (excludes halogenated alkanes) is 1. The Kier molecular flexibility index (Phi) is 4.64. The molecule has 0 spiro atoms. The molecule has 24 heavy (non-hydrogen) atoms. The Morgan fingerprint density at radius 1 is 1.21 bits per heavy atom. The maximum absolute atomic E-state index is 12.3. The molecule has 0 bridgehead atoms. The molecule has 0 aliphatic rings. The quantitative estimate of drug-likeness (QED) is 0.730. The lowest BCUT2D eigenvalue weighted by Crippen LogP contribution is -2.29. The minimum atomic E-state index is -0.354. The average molecular weight is 326 g/mol. The van der Waals surface area contributed by atoms with Crippen LogP contribution in [-0.4, -0.2) is 30.3 Å². The second-order valence-electron chi connectivity index (χ2n) is 5.36. The lowest BCUT2D eigenvalue weighted by Gasteiger charge is -2.07. The number of amides is 1. The number of hydrogen-bond donors (Lipinski definition) is 1. The van der Waals surface area contributed by atoms with Crippen molar-refractivity contribution in [2.75, 3.05) is 0 Å². The number of carbonyl (C=O) groups is 1. The highest BCUT2D eigenvalue weighted by molar-refractivity contribution is 5.91. The van der Waals surface area contributed by atoms with Gasteiger partial charge in [0.25, 0.3) is 11.5 Å². The third-order valence-corrected chi connectivity index (χ3v) is 3.61. The van der Waals surface area contributed by atoms with E-state index in [-0.39, 0.29) is 23.7 Å². The zero-order valence-electron chi connectivity index (χ0n) is 13.3. The normalized spacial score (nSPS) is 10.9. The van der Waals surface area contributed by atoms with E-state index in [1.807, 2.05) is 31.3 Å². The molecule has 3 aromatic heterocycles. The number of aromatic nitrogens is 5. The third kappa shape index (κ3) is 3.32. The van der Waals surface area contributed by atoms with Gasteiger partial charge >= 0.3 is 0 Å². The summed E-state index contributed by atoms with van der Waals surface area (Å²) in [4.78, 5) is 24.0. The fraction of sp³-hybridized carbons (Fsp3) is 0.312. The largest absolute Gasteiger partial charge is 0.343 e. The minimum Gasteiger partial charge on any atom is -0.343 e. The second kappa shape index (κ2) is 7.03. The van der Waals surface area contributed by atoms with Gasteiger partial charge in [-0.2, -0.15) is 5.10 Å². The molecular formula is C16H18N6O2. The summed E-state index contributed by atoms with van der Waals surface area (Å²) >= 11 is 0. The lowest BCUT2D eigenvalue weighted by molar-refractivity contribution is 0.0942. The second-order valence-corrected chi connectivity index (χ2v) is 5.36. The first-order valence-corrected chi connectivity index (χ1v) is 7.84. The van der Waals surface area contributed by atoms with Crippen molar-refractivity contribution in [2.24, 2.45) is 0 Å². The molecule has 0 fully saturated rings. The van der Waals surface area contributed by atoms with Crippen molar-refractivity contribution in [3.8, 4) is 0 Å². The van der Waals surface area contributed by atoms with Gasteiger partial charge in [-0.1, -0.05) is 19.4 Å². The summed E-state index contributed by atoms with van der Waals surface area (Å²) in [6.07, 6.45) is 3.62. The Morgan fingerprint density at radius 2 is 2.08 bits per heavy atom. The van der Waals surface area contributed by atoms with Crippen molar-refractivity contribution in [2.45, 2.75) is 32.9 Å². The van der Waals surface area contributed by atoms with Crippen LogP contribution in [0.2, 0.25) is 0 Å². The number of nitrogens with one attached hydrogen (secondary N) is 1. The molecule has 3 heterocycles. The van der Waals surface area contributed by atoms with Crippen molar-refractivity contribution < 1.29 is 4.79 Å². The van der Waals surface area contributed by atoms with Crippen LogP contribution in [-0.2, 0) is 13.1 Å². The van der Waals surface area contributed by atoms with Crippen LogP contribution in [0.25, 0.3) is 5.65 Å². The van der Waals surface area contributed by atoms with Gasteiger partial charge < -0.3 is 5.32 Å². The smallest absolute Gasteiger partial charge is 0.272 e. The van der Waals surface area contributed by atoms with E-state index in [0.717, 1.165) is 12.8 Å². The van der Waals surface area contributed by atoms with E-state index >= 15 is 0 Å². The van der Waals surface area contributed by atoms with E-state index in [1.54, 1.807) is 4.40 Å². The maximum atomic E-state index is 12.3. The maximum Gasteiger partial charge on any atom is 0.272 e. The molecular weight excluding hydrogens is 308 g/mol. The summed E-state index contributed by atoms with van der Waals surface area (Å²) < 4.78 is 3.13. The Hall–Kier alpha value is -3.03. The zero-order valence-corrected chi connectivity index (χ0v) is 13.3. The van der Waals surface area contributed by atoms with Gasteiger partial charge in [0.1, 0.15) is 5.69 Å². The predicted molar refractivity (Wildman–Crippen MR) is 87.6 cm³/mol. The number of fused-ring (bicyclic) bond motifs is 1. The summed E-state index contributed by atoms with van der Waals surface area (Å²) in [5, 5.41) is 15.0. The first-order valence-electron chi connectivity index (χ1n) is 7.84. The number of aryl methyl sites for hydroxylation is 1. The molecule has 0 atom stereocenters. The van der Waals surface area contributed by atoms with Crippen molar-refractivity contribution in [1.82, 2.24) is 29.7 Å². The highest BCUT2D eigenvalue weighted by Crippen LogP contribution is 2.03. The molecule has 0 saturated carbocycles. The molecule has 8 heteroatoms. The van der Waals surface area contributed by atoms with Gasteiger partial charge in [0, 0.05) is 18.8 Å². The van der Waals surface area contributed by atoms with Crippen LogP contribution in [0.15, 0.2) is 41.3 Å². The van der Waals surface area contributed by atoms with Gasteiger partial charge in [0.2, 0.25) is 0 Å². The summed E-state index contributed by atoms with van der Waals surface area (Å²) in [5.74, 6) is 0.270. The van der Waals surface area contributed by atoms with E-state index in [2.05, 4.69) is 20.6 Å². The van der Waals surface area contributed by atoms with Gasteiger partial charge in [-0.05, 0) is 24.6 Å². The number of pyridine rings is 1. The molecule has 0 aliphatic carbocycles. The molecule has 8 nitrogen and oxygen atoms in total. The SMILES string of the molecule is CCCCn1nc(C(=O)NCc2nnc3ccccn23)ccc1=O. The predicted octanol–water partition coefficient (Wildman–Crippen LogP) is 1.02. The minimum absolute atomic E-state index is 0.205. The van der Waals surface area contributed by atoms with Gasteiger partial charge in [0.15, 0.2) is 11.5 Å². The Balaban J connectivity index is 1.72. The van der Waals surface area contributed by atoms with E-state index in [0.29, 0.717) is 18.0 Å². The van der Waals surface area contributed by atoms with E-state index < -0.39 is 0 Å². The van der Waals surface area contributed by atoms with Crippen molar-refractivity contribution >= 4 is 11.6 Å². The first-order chi connectivity index (χ1) is 11.7. The van der Waals surface area contributed by atoms with Crippen LogP contribution < -0.4 is 10.9 Å². The molecule has 1 N–H and O–H groups in total. The summed E-state index contributed by atoms with van der Waals surface area (Å²) in [5.41, 5.74) is 0.718. The molecule has 124 valence electrons. The molecule has 3 aromatic rings. The Morgan fingerprint density at radius 3 is 2.92 bits per heavy atom. The monoisotopic (exact) mass is 326 g/mol. The standard InChI is InChI=1S/C16H18N6O2/c1-2-3-10-22-15(23)8-7-12(20-22)16(24)17-11-14-19-18-13-6-4-5-9-21(13)14/h4-9H,2-3,10-11H2,1H3,(H,17,24). The number of rotatable bonds is 6. The average Bonchev–Trinajstić information content (AvgIpc) is 3.02. The first kappa shape index (κ1) is 15.9. The number of carbonyl (C=O) groups excluding carboxylic acids is 1. The molecule has 0 aromatic carbocycles. The van der Waals surface area contributed by atoms with Gasteiger partial charge in [-0.25, -0.2) is 4.68 Å². The van der Waals surface area contributed by atoms with Crippen molar-refractivity contribution in [3.63, 3.8) is 0 Å². The lowest BCUT2D eigenvalue weighted by atomic mass is 10.3. The molecule has 1 amide bonds. The van der Waals surface area contributed by atoms with Crippen LogP contribution >= 0.6 is 0 Å². The molecule has 0 aliphatic heterocycles. The van der Waals surface area contributed by atoms with E-state index in [4.69, 9.17) is 0 Å².